The molecule has 1 aromatic carbocycles. The summed E-state index contributed by atoms with van der Waals surface area (Å²) in [7, 11) is 0. The molecule has 0 aliphatic rings. The summed E-state index contributed by atoms with van der Waals surface area (Å²) in [6, 6.07) is 2.52. The summed E-state index contributed by atoms with van der Waals surface area (Å²) in [5, 5.41) is 2.17. The molecule has 0 aliphatic carbocycles. The number of alkyl halides is 4. The maximum absolute atomic E-state index is 13.1. The molecule has 1 rings (SSSR count). The van der Waals surface area contributed by atoms with Gasteiger partial charge in [-0.3, -0.25) is 4.79 Å². The van der Waals surface area contributed by atoms with Crippen LogP contribution in [0.3, 0.4) is 0 Å². The number of carbonyl (C=O) groups excluding carboxylic acids is 1. The molecule has 1 aromatic rings. The minimum Gasteiger partial charge on any atom is -0.403 e. The molecule has 0 fully saturated rings. The molecule has 17 heavy (non-hydrogen) atoms. The van der Waals surface area contributed by atoms with Gasteiger partial charge in [-0.25, -0.2) is 4.39 Å². The van der Waals surface area contributed by atoms with E-state index in [9.17, 15) is 22.4 Å². The lowest BCUT2D eigenvalue weighted by molar-refractivity contribution is -0.275. The molecule has 0 saturated carbocycles. The molecule has 3 nitrogen and oxygen atoms in total. The highest BCUT2D eigenvalue weighted by atomic mass is 35.5. The summed E-state index contributed by atoms with van der Waals surface area (Å²) in [5.41, 5.74) is -0.0114. The van der Waals surface area contributed by atoms with Crippen molar-refractivity contribution in [1.82, 2.24) is 0 Å². The fourth-order valence-corrected chi connectivity index (χ4v) is 1.05. The lowest BCUT2D eigenvalue weighted by atomic mass is 10.3. The lowest BCUT2D eigenvalue weighted by Crippen LogP contribution is -2.18. The highest BCUT2D eigenvalue weighted by Crippen LogP contribution is 2.27. The van der Waals surface area contributed by atoms with E-state index in [2.05, 4.69) is 10.1 Å². The van der Waals surface area contributed by atoms with E-state index in [1.54, 1.807) is 0 Å². The smallest absolute Gasteiger partial charge is 0.403 e. The molecular formula is C9H6ClF4NO2. The molecule has 0 aromatic heterocycles. The molecule has 0 bridgehead atoms. The van der Waals surface area contributed by atoms with Crippen molar-refractivity contribution in [3.05, 3.63) is 24.0 Å². The third-order valence-electron chi connectivity index (χ3n) is 1.56. The lowest BCUT2D eigenvalue weighted by Gasteiger charge is -2.10. The molecule has 0 heterocycles. The fourth-order valence-electron chi connectivity index (χ4n) is 0.980. The quantitative estimate of drug-likeness (QED) is 0.678. The molecule has 0 radical (unpaired) electrons. The second-order valence-corrected chi connectivity index (χ2v) is 3.14. The summed E-state index contributed by atoms with van der Waals surface area (Å²) in [4.78, 5) is 10.8. The van der Waals surface area contributed by atoms with Crippen molar-refractivity contribution in [3.8, 4) is 5.75 Å². The summed E-state index contributed by atoms with van der Waals surface area (Å²) in [6.07, 6.45) is -4.97. The average molecular weight is 272 g/mol. The van der Waals surface area contributed by atoms with Crippen LogP contribution >= 0.6 is 11.6 Å². The van der Waals surface area contributed by atoms with Gasteiger partial charge in [0.25, 0.3) is 0 Å². The van der Waals surface area contributed by atoms with Gasteiger partial charge < -0.3 is 10.1 Å². The number of hydrogen-bond donors (Lipinski definition) is 1. The van der Waals surface area contributed by atoms with Gasteiger partial charge >= 0.3 is 6.36 Å². The Morgan fingerprint density at radius 1 is 1.41 bits per heavy atom. The van der Waals surface area contributed by atoms with E-state index in [1.165, 1.54) is 0 Å². The largest absolute Gasteiger partial charge is 0.573 e. The summed E-state index contributed by atoms with van der Waals surface area (Å²) >= 11 is 5.18. The van der Waals surface area contributed by atoms with Crippen molar-refractivity contribution in [1.29, 1.82) is 0 Å². The second kappa shape index (κ2) is 5.22. The monoisotopic (exact) mass is 271 g/mol. The maximum Gasteiger partial charge on any atom is 0.573 e. The number of carbonyl (C=O) groups is 1. The van der Waals surface area contributed by atoms with Crippen molar-refractivity contribution < 1.29 is 27.1 Å². The van der Waals surface area contributed by atoms with Gasteiger partial charge in [0.15, 0.2) is 11.6 Å². The van der Waals surface area contributed by atoms with Gasteiger partial charge in [0, 0.05) is 11.8 Å². The maximum atomic E-state index is 13.1. The van der Waals surface area contributed by atoms with Gasteiger partial charge in [-0.1, -0.05) is 0 Å². The SMILES string of the molecule is O=C(CCl)Nc1ccc(OC(F)(F)F)c(F)c1. The number of halogens is 5. The van der Waals surface area contributed by atoms with Crippen LogP contribution in [0, 0.1) is 5.82 Å². The number of hydrogen-bond acceptors (Lipinski definition) is 2. The molecule has 0 atom stereocenters. The average Bonchev–Trinajstić information content (AvgIpc) is 2.20. The number of benzene rings is 1. The van der Waals surface area contributed by atoms with Crippen LogP contribution in [0.4, 0.5) is 23.2 Å². The zero-order valence-corrected chi connectivity index (χ0v) is 8.90. The standard InChI is InChI=1S/C9H6ClF4NO2/c10-4-8(16)15-5-1-2-7(6(11)3-5)17-9(12,13)14/h1-3H,4H2,(H,15,16). The summed E-state index contributed by atoms with van der Waals surface area (Å²) in [5.74, 6) is -3.16. The predicted molar refractivity (Wildman–Crippen MR) is 52.4 cm³/mol. The molecule has 0 aliphatic heterocycles. The number of nitrogens with one attached hydrogen (secondary N) is 1. The van der Waals surface area contributed by atoms with E-state index >= 15 is 0 Å². The zero-order chi connectivity index (χ0) is 13.1. The van der Waals surface area contributed by atoms with Gasteiger partial charge in [-0.05, 0) is 12.1 Å². The van der Waals surface area contributed by atoms with E-state index in [4.69, 9.17) is 11.6 Å². The van der Waals surface area contributed by atoms with Crippen molar-refractivity contribution >= 4 is 23.2 Å². The van der Waals surface area contributed by atoms with Crippen molar-refractivity contribution in [2.75, 3.05) is 11.2 Å². The Bertz CT molecular complexity index is 422. The molecule has 1 N–H and O–H groups in total. The van der Waals surface area contributed by atoms with E-state index in [0.29, 0.717) is 6.07 Å². The first-order valence-corrected chi connectivity index (χ1v) is 4.76. The summed E-state index contributed by atoms with van der Waals surface area (Å²) < 4.78 is 52.0. The molecule has 0 spiro atoms. The topological polar surface area (TPSA) is 38.3 Å². The Morgan fingerprint density at radius 2 is 2.06 bits per heavy atom. The first-order chi connectivity index (χ1) is 7.81. The van der Waals surface area contributed by atoms with E-state index < -0.39 is 23.8 Å². The van der Waals surface area contributed by atoms with Gasteiger partial charge in [-0.2, -0.15) is 0 Å². The van der Waals surface area contributed by atoms with Crippen LogP contribution in [-0.2, 0) is 4.79 Å². The molecule has 0 unspecified atom stereocenters. The number of rotatable bonds is 3. The normalized spacial score (nSPS) is 11.1. The minimum absolute atomic E-state index is 0.0114. The number of amides is 1. The van der Waals surface area contributed by atoms with Crippen molar-refractivity contribution in [3.63, 3.8) is 0 Å². The van der Waals surface area contributed by atoms with Crippen LogP contribution in [0.2, 0.25) is 0 Å². The number of ether oxygens (including phenoxy) is 1. The van der Waals surface area contributed by atoms with Gasteiger partial charge in [0.1, 0.15) is 5.88 Å². The van der Waals surface area contributed by atoms with Gasteiger partial charge in [0.2, 0.25) is 5.91 Å². The predicted octanol–water partition coefficient (Wildman–Crippen LogP) is 2.90. The summed E-state index contributed by atoms with van der Waals surface area (Å²) in [6.45, 7) is 0. The molecule has 1 amide bonds. The van der Waals surface area contributed by atoms with Crippen LogP contribution in [0.25, 0.3) is 0 Å². The Balaban J connectivity index is 2.83. The van der Waals surface area contributed by atoms with E-state index in [0.717, 1.165) is 12.1 Å². The fraction of sp³-hybridized carbons (Fsp3) is 0.222. The van der Waals surface area contributed by atoms with Crippen LogP contribution < -0.4 is 10.1 Å². The van der Waals surface area contributed by atoms with Gasteiger partial charge in [-0.15, -0.1) is 24.8 Å². The molecule has 94 valence electrons. The Hall–Kier alpha value is -1.50. The Labute approximate surface area is 98.3 Å². The second-order valence-electron chi connectivity index (χ2n) is 2.87. The number of anilines is 1. The minimum atomic E-state index is -4.97. The van der Waals surface area contributed by atoms with Crippen LogP contribution in [-0.4, -0.2) is 18.1 Å². The highest BCUT2D eigenvalue weighted by Gasteiger charge is 2.32. The third kappa shape index (κ3) is 4.48. The van der Waals surface area contributed by atoms with E-state index in [-0.39, 0.29) is 11.6 Å². The Morgan fingerprint density at radius 3 is 2.53 bits per heavy atom. The van der Waals surface area contributed by atoms with Crippen molar-refractivity contribution in [2.24, 2.45) is 0 Å². The molecule has 0 saturated heterocycles. The first kappa shape index (κ1) is 13.6. The molecular weight excluding hydrogens is 266 g/mol. The zero-order valence-electron chi connectivity index (χ0n) is 8.15. The first-order valence-electron chi connectivity index (χ1n) is 4.23. The van der Waals surface area contributed by atoms with Crippen molar-refractivity contribution in [2.45, 2.75) is 6.36 Å². The highest BCUT2D eigenvalue weighted by molar-refractivity contribution is 6.29. The third-order valence-corrected chi connectivity index (χ3v) is 1.81. The van der Waals surface area contributed by atoms with E-state index in [1.807, 2.05) is 0 Å². The van der Waals surface area contributed by atoms with Gasteiger partial charge in [0.05, 0.1) is 0 Å². The van der Waals surface area contributed by atoms with Crippen LogP contribution in [0.15, 0.2) is 18.2 Å². The van der Waals surface area contributed by atoms with Crippen LogP contribution in [0.5, 0.6) is 5.75 Å². The Kier molecular flexibility index (Phi) is 4.17. The van der Waals surface area contributed by atoms with Crippen LogP contribution in [0.1, 0.15) is 0 Å². The molecule has 8 heteroatoms.